The third-order valence-electron chi connectivity index (χ3n) is 5.86. The van der Waals surface area contributed by atoms with Crippen LogP contribution in [0.2, 0.25) is 10.0 Å². The highest BCUT2D eigenvalue weighted by molar-refractivity contribution is 6.36. The van der Waals surface area contributed by atoms with Crippen molar-refractivity contribution in [3.05, 3.63) is 94.4 Å². The zero-order chi connectivity index (χ0) is 26.2. The van der Waals surface area contributed by atoms with Gasteiger partial charge in [0.2, 0.25) is 0 Å². The molecule has 0 saturated heterocycles. The highest BCUT2D eigenvalue weighted by Gasteiger charge is 2.11. The minimum Gasteiger partial charge on any atom is -0.494 e. The van der Waals surface area contributed by atoms with Crippen LogP contribution in [0.4, 0.5) is 0 Å². The lowest BCUT2D eigenvalue weighted by Crippen LogP contribution is -2.04. The van der Waals surface area contributed by atoms with Crippen LogP contribution in [-0.4, -0.2) is 29.2 Å². The molecule has 0 aliphatic heterocycles. The summed E-state index contributed by atoms with van der Waals surface area (Å²) in [6.45, 7) is 3.32. The number of rotatable bonds is 10. The van der Waals surface area contributed by atoms with Crippen molar-refractivity contribution in [1.82, 2.24) is 9.55 Å². The molecule has 190 valence electrons. The lowest BCUT2D eigenvalue weighted by molar-refractivity contribution is -0.140. The van der Waals surface area contributed by atoms with Crippen LogP contribution in [0.1, 0.15) is 31.2 Å². The zero-order valence-corrected chi connectivity index (χ0v) is 22.3. The number of halogens is 2. The summed E-state index contributed by atoms with van der Waals surface area (Å²) in [6.07, 6.45) is 7.02. The van der Waals surface area contributed by atoms with E-state index in [0.717, 1.165) is 46.1 Å². The Kier molecular flexibility index (Phi) is 9.04. The molecule has 37 heavy (non-hydrogen) atoms. The molecule has 0 saturated carbocycles. The summed E-state index contributed by atoms with van der Waals surface area (Å²) in [4.78, 5) is 16.1. The molecule has 5 nitrogen and oxygen atoms in total. The van der Waals surface area contributed by atoms with Crippen LogP contribution in [0.5, 0.6) is 5.75 Å². The molecule has 1 heterocycles. The fourth-order valence-corrected chi connectivity index (χ4v) is 4.42. The van der Waals surface area contributed by atoms with Crippen molar-refractivity contribution in [1.29, 1.82) is 0 Å². The molecule has 0 spiro atoms. The highest BCUT2D eigenvalue weighted by atomic mass is 35.5. The number of benzene rings is 3. The van der Waals surface area contributed by atoms with Crippen LogP contribution < -0.4 is 4.74 Å². The summed E-state index contributed by atoms with van der Waals surface area (Å²) in [7, 11) is 1.39. The molecule has 0 fully saturated rings. The fourth-order valence-electron chi connectivity index (χ4n) is 3.91. The van der Waals surface area contributed by atoms with Crippen LogP contribution in [0, 0.1) is 0 Å². The van der Waals surface area contributed by atoms with Gasteiger partial charge in [0.25, 0.3) is 0 Å². The number of nitrogens with zero attached hydrogens (tertiary/aromatic N) is 2. The Morgan fingerprint density at radius 2 is 1.78 bits per heavy atom. The molecule has 0 atom stereocenters. The molecule has 0 aliphatic carbocycles. The molecule has 0 N–H and O–H groups in total. The first kappa shape index (κ1) is 26.5. The Hall–Kier alpha value is -3.54. The van der Waals surface area contributed by atoms with E-state index in [1.165, 1.54) is 7.11 Å². The summed E-state index contributed by atoms with van der Waals surface area (Å²) in [5.74, 6) is 1.38. The molecule has 0 amide bonds. The van der Waals surface area contributed by atoms with Crippen molar-refractivity contribution < 1.29 is 14.3 Å². The van der Waals surface area contributed by atoms with Gasteiger partial charge in [0.15, 0.2) is 0 Å². The number of methoxy groups -OCH3 is 1. The molecule has 0 radical (unpaired) electrons. The highest BCUT2D eigenvalue weighted by Crippen LogP contribution is 2.30. The first-order chi connectivity index (χ1) is 18.0. The predicted molar refractivity (Wildman–Crippen MR) is 151 cm³/mol. The van der Waals surface area contributed by atoms with E-state index in [4.69, 9.17) is 32.9 Å². The lowest BCUT2D eigenvalue weighted by atomic mass is 10.0. The largest absolute Gasteiger partial charge is 0.494 e. The van der Waals surface area contributed by atoms with Crippen LogP contribution in [0.15, 0.2) is 72.9 Å². The normalized spacial score (nSPS) is 11.1. The number of esters is 1. The number of hydrogen-bond donors (Lipinski definition) is 0. The topological polar surface area (TPSA) is 53.4 Å². The van der Waals surface area contributed by atoms with Gasteiger partial charge in [0.05, 0.1) is 24.4 Å². The molecule has 0 unspecified atom stereocenters. The maximum Gasteiger partial charge on any atom is 0.305 e. The van der Waals surface area contributed by atoms with Crippen molar-refractivity contribution in [2.24, 2.45) is 0 Å². The van der Waals surface area contributed by atoms with Crippen molar-refractivity contribution in [3.8, 4) is 28.1 Å². The Labute approximate surface area is 227 Å². The van der Waals surface area contributed by atoms with Gasteiger partial charge in [-0.2, -0.15) is 0 Å². The first-order valence-electron chi connectivity index (χ1n) is 12.1. The molecular formula is C30H28Cl2N2O3. The molecular weight excluding hydrogens is 507 g/mol. The summed E-state index contributed by atoms with van der Waals surface area (Å²) in [5, 5.41) is 1.17. The van der Waals surface area contributed by atoms with E-state index < -0.39 is 0 Å². The van der Waals surface area contributed by atoms with Crippen LogP contribution >= 0.6 is 23.2 Å². The summed E-state index contributed by atoms with van der Waals surface area (Å²) >= 11 is 12.5. The fraction of sp³-hybridized carbons (Fsp3) is 0.200. The summed E-state index contributed by atoms with van der Waals surface area (Å²) < 4.78 is 12.6. The van der Waals surface area contributed by atoms with Crippen molar-refractivity contribution >= 4 is 41.3 Å². The number of carbonyl (C=O) groups excluding carboxylic acids is 1. The maximum absolute atomic E-state index is 11.3. The number of ether oxygens (including phenoxy) is 2. The lowest BCUT2D eigenvalue weighted by Gasteiger charge is -2.09. The zero-order valence-electron chi connectivity index (χ0n) is 20.8. The Bertz CT molecular complexity index is 1410. The standard InChI is InChI=1S/C30H28Cl2N2O3/c1-3-34-20-28(26-14-13-24(31)19-27(26)32)33-29(34)15-12-21-7-4-8-22(17-21)23-9-5-10-25(18-23)37-16-6-11-30(35)36-2/h4-5,7-10,12-15,17-20H,3,6,11,16H2,1-2H3/b15-12+. The molecule has 7 heteroatoms. The van der Waals surface area contributed by atoms with Gasteiger partial charge >= 0.3 is 5.97 Å². The van der Waals surface area contributed by atoms with E-state index >= 15 is 0 Å². The summed E-state index contributed by atoms with van der Waals surface area (Å²) in [6, 6.07) is 21.7. The average molecular weight is 535 g/mol. The molecule has 1 aromatic heterocycles. The molecule has 4 rings (SSSR count). The molecule has 4 aromatic rings. The number of aromatic nitrogens is 2. The van der Waals surface area contributed by atoms with Crippen LogP contribution in [-0.2, 0) is 16.1 Å². The van der Waals surface area contributed by atoms with Crippen LogP contribution in [0.3, 0.4) is 0 Å². The number of aryl methyl sites for hydroxylation is 1. The quantitative estimate of drug-likeness (QED) is 0.152. The van der Waals surface area contributed by atoms with E-state index in [-0.39, 0.29) is 5.97 Å². The monoisotopic (exact) mass is 534 g/mol. The van der Waals surface area contributed by atoms with E-state index in [1.54, 1.807) is 6.07 Å². The Morgan fingerprint density at radius 3 is 2.54 bits per heavy atom. The molecule has 3 aromatic carbocycles. The minimum atomic E-state index is -0.228. The average Bonchev–Trinajstić information content (AvgIpc) is 3.33. The summed E-state index contributed by atoms with van der Waals surface area (Å²) in [5.41, 5.74) is 4.84. The third kappa shape index (κ3) is 7.03. The van der Waals surface area contributed by atoms with Gasteiger partial charge in [-0.15, -0.1) is 0 Å². The molecule has 0 bridgehead atoms. The van der Waals surface area contributed by atoms with E-state index in [1.807, 2.05) is 48.7 Å². The van der Waals surface area contributed by atoms with Crippen molar-refractivity contribution in [3.63, 3.8) is 0 Å². The van der Waals surface area contributed by atoms with E-state index in [2.05, 4.69) is 46.6 Å². The Balaban J connectivity index is 1.49. The Morgan fingerprint density at radius 1 is 1.00 bits per heavy atom. The second-order valence-corrected chi connectivity index (χ2v) is 9.25. The van der Waals surface area contributed by atoms with Gasteiger partial charge in [-0.1, -0.05) is 59.6 Å². The second-order valence-electron chi connectivity index (χ2n) is 8.41. The maximum atomic E-state index is 11.3. The molecule has 0 aliphatic rings. The van der Waals surface area contributed by atoms with Gasteiger partial charge < -0.3 is 14.0 Å². The van der Waals surface area contributed by atoms with E-state index in [0.29, 0.717) is 29.5 Å². The SMILES string of the molecule is CCn1cc(-c2ccc(Cl)cc2Cl)nc1/C=C/c1cccc(-c2cccc(OCCCC(=O)OC)c2)c1. The number of imidazole rings is 1. The van der Waals surface area contributed by atoms with Crippen molar-refractivity contribution in [2.45, 2.75) is 26.3 Å². The number of carbonyl (C=O) groups is 1. The first-order valence-corrected chi connectivity index (χ1v) is 12.8. The van der Waals surface area contributed by atoms with Gasteiger partial charge in [-0.25, -0.2) is 4.98 Å². The predicted octanol–water partition coefficient (Wildman–Crippen LogP) is 8.05. The third-order valence-corrected chi connectivity index (χ3v) is 6.40. The van der Waals surface area contributed by atoms with Crippen molar-refractivity contribution in [2.75, 3.05) is 13.7 Å². The van der Waals surface area contributed by atoms with Gasteiger partial charge in [-0.3, -0.25) is 4.79 Å². The number of hydrogen-bond acceptors (Lipinski definition) is 4. The second kappa shape index (κ2) is 12.6. The van der Waals surface area contributed by atoms with Crippen LogP contribution in [0.25, 0.3) is 34.5 Å². The van der Waals surface area contributed by atoms with E-state index in [9.17, 15) is 4.79 Å². The van der Waals surface area contributed by atoms with Gasteiger partial charge in [-0.05, 0) is 72.5 Å². The smallest absolute Gasteiger partial charge is 0.305 e. The van der Waals surface area contributed by atoms with Gasteiger partial charge in [0, 0.05) is 29.7 Å². The minimum absolute atomic E-state index is 0.228. The van der Waals surface area contributed by atoms with Gasteiger partial charge in [0.1, 0.15) is 11.6 Å².